The summed E-state index contributed by atoms with van der Waals surface area (Å²) in [5, 5.41) is 9.53. The Morgan fingerprint density at radius 1 is 1.24 bits per heavy atom. The van der Waals surface area contributed by atoms with Crippen LogP contribution in [0.4, 0.5) is 16.6 Å². The number of amides is 1. The van der Waals surface area contributed by atoms with Crippen molar-refractivity contribution in [2.45, 2.75) is 24.2 Å². The smallest absolute Gasteiger partial charge is 0.255 e. The molecule has 3 heterocycles. The van der Waals surface area contributed by atoms with Crippen molar-refractivity contribution in [3.05, 3.63) is 58.7 Å². The first-order valence-electron chi connectivity index (χ1n) is 10.9. The summed E-state index contributed by atoms with van der Waals surface area (Å²) in [5.74, 6) is 0.769. The van der Waals surface area contributed by atoms with Gasteiger partial charge in [-0.3, -0.25) is 4.79 Å². The summed E-state index contributed by atoms with van der Waals surface area (Å²) < 4.78 is 24.2. The van der Waals surface area contributed by atoms with Gasteiger partial charge in [-0.25, -0.2) is 18.4 Å². The minimum absolute atomic E-state index is 0.0563. The van der Waals surface area contributed by atoms with Crippen LogP contribution in [-0.2, 0) is 9.84 Å². The van der Waals surface area contributed by atoms with Gasteiger partial charge in [-0.05, 0) is 49.4 Å². The summed E-state index contributed by atoms with van der Waals surface area (Å²) >= 11 is 7.61. The number of anilines is 3. The van der Waals surface area contributed by atoms with Gasteiger partial charge in [-0.1, -0.05) is 17.7 Å². The Labute approximate surface area is 208 Å². The van der Waals surface area contributed by atoms with Gasteiger partial charge in [-0.15, -0.1) is 11.3 Å². The van der Waals surface area contributed by atoms with Gasteiger partial charge in [0.15, 0.2) is 20.8 Å². The lowest BCUT2D eigenvalue weighted by Crippen LogP contribution is -2.35. The topological polar surface area (TPSA) is 104 Å². The monoisotopic (exact) mass is 519 g/mol. The zero-order valence-electron chi connectivity index (χ0n) is 18.7. The van der Waals surface area contributed by atoms with E-state index in [2.05, 4.69) is 25.5 Å². The van der Waals surface area contributed by atoms with Gasteiger partial charge in [-0.2, -0.15) is 0 Å². The minimum Gasteiger partial charge on any atom is -0.362 e. The van der Waals surface area contributed by atoms with Gasteiger partial charge < -0.3 is 15.5 Å². The second-order valence-electron chi connectivity index (χ2n) is 8.26. The minimum atomic E-state index is -3.48. The van der Waals surface area contributed by atoms with Crippen LogP contribution in [0.1, 0.15) is 29.6 Å². The molecule has 11 heteroatoms. The quantitative estimate of drug-likeness (QED) is 0.449. The predicted molar refractivity (Wildman–Crippen MR) is 137 cm³/mol. The molecule has 1 aromatic carbocycles. The maximum atomic E-state index is 12.9. The van der Waals surface area contributed by atoms with Crippen LogP contribution in [0.3, 0.4) is 0 Å². The number of piperidine rings is 1. The molecule has 4 rings (SSSR count). The normalized spacial score (nSPS) is 14.7. The molecule has 0 unspecified atom stereocenters. The zero-order chi connectivity index (χ0) is 24.1. The van der Waals surface area contributed by atoms with Gasteiger partial charge in [0.25, 0.3) is 5.91 Å². The molecule has 1 amide bonds. The highest BCUT2D eigenvalue weighted by Crippen LogP contribution is 2.31. The van der Waals surface area contributed by atoms with Crippen LogP contribution in [0.25, 0.3) is 0 Å². The number of carbonyl (C=O) groups is 1. The number of sulfone groups is 1. The number of hydrogen-bond donors (Lipinski definition) is 2. The summed E-state index contributed by atoms with van der Waals surface area (Å²) in [6.07, 6.45) is 7.28. The fourth-order valence-corrected chi connectivity index (χ4v) is 5.26. The number of thiazole rings is 1. The first kappa shape index (κ1) is 24.4. The molecule has 180 valence electrons. The second-order valence-corrected chi connectivity index (χ2v) is 11.6. The molecule has 0 bridgehead atoms. The van der Waals surface area contributed by atoms with Crippen molar-refractivity contribution in [2.75, 3.05) is 41.4 Å². The molecule has 3 aromatic rings. The largest absolute Gasteiger partial charge is 0.362 e. The molecule has 1 aliphatic rings. The van der Waals surface area contributed by atoms with Crippen LogP contribution in [-0.4, -0.2) is 50.2 Å². The van der Waals surface area contributed by atoms with Crippen molar-refractivity contribution in [2.24, 2.45) is 5.92 Å². The first-order valence-corrected chi connectivity index (χ1v) is 14.1. The van der Waals surface area contributed by atoms with Gasteiger partial charge in [0.05, 0.1) is 10.6 Å². The van der Waals surface area contributed by atoms with E-state index in [9.17, 15) is 13.2 Å². The second kappa shape index (κ2) is 10.7. The molecule has 2 aromatic heterocycles. The molecule has 0 radical (unpaired) electrons. The van der Waals surface area contributed by atoms with Crippen LogP contribution < -0.4 is 15.5 Å². The Hall–Kier alpha value is -2.69. The maximum absolute atomic E-state index is 12.9. The Balaban J connectivity index is 1.46. The number of nitrogens with zero attached hydrogens (tertiary/aromatic N) is 3. The number of benzene rings is 1. The Bertz CT molecular complexity index is 1240. The summed E-state index contributed by atoms with van der Waals surface area (Å²) in [4.78, 5) is 23.7. The fourth-order valence-electron chi connectivity index (χ4n) is 3.94. The molecule has 0 aliphatic carbocycles. The summed E-state index contributed by atoms with van der Waals surface area (Å²) in [5.41, 5.74) is 0.756. The number of pyridine rings is 1. The highest BCUT2D eigenvalue weighted by molar-refractivity contribution is 7.90. The molecule has 34 heavy (non-hydrogen) atoms. The molecule has 0 atom stereocenters. The highest BCUT2D eigenvalue weighted by Gasteiger charge is 2.24. The van der Waals surface area contributed by atoms with Gasteiger partial charge in [0, 0.05) is 54.2 Å². The number of halogens is 1. The van der Waals surface area contributed by atoms with E-state index in [-0.39, 0.29) is 10.8 Å². The van der Waals surface area contributed by atoms with E-state index in [1.165, 1.54) is 12.3 Å². The van der Waals surface area contributed by atoms with Crippen molar-refractivity contribution in [1.82, 2.24) is 9.97 Å². The molecule has 1 saturated heterocycles. The highest BCUT2D eigenvalue weighted by atomic mass is 35.5. The van der Waals surface area contributed by atoms with Crippen LogP contribution >= 0.6 is 22.9 Å². The lowest BCUT2D eigenvalue weighted by Gasteiger charge is -2.34. The van der Waals surface area contributed by atoms with Crippen molar-refractivity contribution in [3.8, 4) is 0 Å². The van der Waals surface area contributed by atoms with Crippen molar-refractivity contribution in [1.29, 1.82) is 0 Å². The van der Waals surface area contributed by atoms with E-state index in [0.29, 0.717) is 28.0 Å². The Kier molecular flexibility index (Phi) is 7.70. The van der Waals surface area contributed by atoms with Crippen molar-refractivity contribution >= 4 is 55.3 Å². The summed E-state index contributed by atoms with van der Waals surface area (Å²) in [7, 11) is -3.48. The molecule has 0 saturated carbocycles. The van der Waals surface area contributed by atoms with Crippen molar-refractivity contribution in [3.63, 3.8) is 0 Å². The third-order valence-electron chi connectivity index (χ3n) is 5.78. The number of carbonyl (C=O) groups excluding carboxylic acids is 1. The van der Waals surface area contributed by atoms with Crippen LogP contribution in [0, 0.1) is 5.92 Å². The van der Waals surface area contributed by atoms with E-state index in [0.717, 1.165) is 50.3 Å². The first-order chi connectivity index (χ1) is 16.3. The van der Waals surface area contributed by atoms with E-state index >= 15 is 0 Å². The van der Waals surface area contributed by atoms with E-state index < -0.39 is 9.84 Å². The van der Waals surface area contributed by atoms with Crippen LogP contribution in [0.5, 0.6) is 0 Å². The summed E-state index contributed by atoms with van der Waals surface area (Å²) in [6.45, 7) is 2.42. The lowest BCUT2D eigenvalue weighted by molar-refractivity contribution is 0.102. The standard InChI is InChI=1S/C23H26ClN5O3S2/c1-34(31,32)19-14-20(28-22(30)17-3-2-4-18(24)13-17)21(27-15-19)29-10-6-16(7-11-29)5-8-25-23-26-9-12-33-23/h2-4,9,12-16H,5-8,10-11H2,1H3,(H,25,26)(H,28,30). The third kappa shape index (κ3) is 6.25. The number of rotatable bonds is 8. The number of aromatic nitrogens is 2. The molecular formula is C23H26ClN5O3S2. The maximum Gasteiger partial charge on any atom is 0.255 e. The van der Waals surface area contributed by atoms with Crippen LogP contribution in [0.15, 0.2) is 53.0 Å². The zero-order valence-corrected chi connectivity index (χ0v) is 21.1. The SMILES string of the molecule is CS(=O)(=O)c1cnc(N2CCC(CCNc3nccs3)CC2)c(NC(=O)c2cccc(Cl)c2)c1. The average Bonchev–Trinajstić information content (AvgIpc) is 3.33. The van der Waals surface area contributed by atoms with Gasteiger partial charge >= 0.3 is 0 Å². The fraction of sp³-hybridized carbons (Fsp3) is 0.348. The van der Waals surface area contributed by atoms with E-state index in [1.807, 2.05) is 5.38 Å². The molecule has 1 fully saturated rings. The Morgan fingerprint density at radius 2 is 2.03 bits per heavy atom. The number of hydrogen-bond acceptors (Lipinski definition) is 8. The third-order valence-corrected chi connectivity index (χ3v) is 7.83. The van der Waals surface area contributed by atoms with Gasteiger partial charge in [0.1, 0.15) is 0 Å². The number of nitrogens with one attached hydrogen (secondary N) is 2. The molecule has 2 N–H and O–H groups in total. The molecular weight excluding hydrogens is 494 g/mol. The van der Waals surface area contributed by atoms with Crippen molar-refractivity contribution < 1.29 is 13.2 Å². The van der Waals surface area contributed by atoms with E-state index in [1.54, 1.807) is 41.8 Å². The predicted octanol–water partition coefficient (Wildman–Crippen LogP) is 4.57. The average molecular weight is 520 g/mol. The van der Waals surface area contributed by atoms with Crippen LogP contribution in [0.2, 0.25) is 5.02 Å². The van der Waals surface area contributed by atoms with Gasteiger partial charge in [0.2, 0.25) is 0 Å². The molecule has 8 nitrogen and oxygen atoms in total. The molecule has 1 aliphatic heterocycles. The Morgan fingerprint density at radius 3 is 2.71 bits per heavy atom. The summed E-state index contributed by atoms with van der Waals surface area (Å²) in [6, 6.07) is 8.07. The lowest BCUT2D eigenvalue weighted by atomic mass is 9.93. The molecule has 0 spiro atoms. The van der Waals surface area contributed by atoms with E-state index in [4.69, 9.17) is 11.6 Å².